The third-order valence-corrected chi connectivity index (χ3v) is 3.76. The van der Waals surface area contributed by atoms with Crippen molar-refractivity contribution >= 4 is 11.8 Å². The smallest absolute Gasteiger partial charge is 0.0223 e. The molecule has 0 aromatic heterocycles. The Morgan fingerprint density at radius 2 is 1.61 bits per heavy atom. The van der Waals surface area contributed by atoms with Gasteiger partial charge in [0.05, 0.1) is 0 Å². The molecule has 0 bridgehead atoms. The zero-order valence-electron chi connectivity index (χ0n) is 12.2. The normalized spacial score (nSPS) is 12.8. The number of hydrogen-bond donors (Lipinski definition) is 2. The maximum absolute atomic E-state index is 5.98. The third kappa shape index (κ3) is 5.01. The number of benzene rings is 1. The van der Waals surface area contributed by atoms with E-state index >= 15 is 0 Å². The Bertz CT molecular complexity index is 363. The molecule has 1 aromatic carbocycles. The Morgan fingerprint density at radius 1 is 1.06 bits per heavy atom. The summed E-state index contributed by atoms with van der Waals surface area (Å²) in [6, 6.07) is 8.82. The molecule has 0 saturated carbocycles. The summed E-state index contributed by atoms with van der Waals surface area (Å²) >= 11 is 1.78. The van der Waals surface area contributed by atoms with Gasteiger partial charge in [-0.05, 0) is 37.8 Å². The van der Waals surface area contributed by atoms with E-state index in [2.05, 4.69) is 49.7 Å². The van der Waals surface area contributed by atoms with E-state index < -0.39 is 0 Å². The van der Waals surface area contributed by atoms with E-state index in [-0.39, 0.29) is 11.0 Å². The summed E-state index contributed by atoms with van der Waals surface area (Å²) in [6.45, 7) is 10.4. The van der Waals surface area contributed by atoms with Crippen LogP contribution in [0.4, 0.5) is 0 Å². The molecule has 0 aliphatic rings. The highest BCUT2D eigenvalue weighted by Gasteiger charge is 2.21. The minimum absolute atomic E-state index is 0.127. The van der Waals surface area contributed by atoms with E-state index in [0.717, 1.165) is 13.1 Å². The van der Waals surface area contributed by atoms with Crippen LogP contribution in [0.5, 0.6) is 0 Å². The van der Waals surface area contributed by atoms with Crippen LogP contribution in [0.3, 0.4) is 0 Å². The monoisotopic (exact) mass is 266 g/mol. The molecular formula is C15H26N2S. The minimum atomic E-state index is -0.154. The molecule has 0 saturated heterocycles. The lowest BCUT2D eigenvalue weighted by Gasteiger charge is -2.28. The summed E-state index contributed by atoms with van der Waals surface area (Å²) in [4.78, 5) is 1.31. The van der Waals surface area contributed by atoms with Gasteiger partial charge in [0.15, 0.2) is 0 Å². The van der Waals surface area contributed by atoms with Gasteiger partial charge in [0, 0.05) is 28.9 Å². The maximum atomic E-state index is 5.98. The van der Waals surface area contributed by atoms with Gasteiger partial charge in [-0.25, -0.2) is 0 Å². The van der Waals surface area contributed by atoms with E-state index in [9.17, 15) is 0 Å². The first kappa shape index (κ1) is 15.5. The quantitative estimate of drug-likeness (QED) is 0.777. The molecule has 0 radical (unpaired) electrons. The van der Waals surface area contributed by atoms with Crippen LogP contribution in [0.1, 0.15) is 33.3 Å². The van der Waals surface area contributed by atoms with Gasteiger partial charge < -0.3 is 11.1 Å². The molecule has 0 atom stereocenters. The van der Waals surface area contributed by atoms with Crippen LogP contribution < -0.4 is 11.1 Å². The Hall–Kier alpha value is -0.510. The molecule has 1 rings (SSSR count). The van der Waals surface area contributed by atoms with Crippen molar-refractivity contribution in [1.29, 1.82) is 0 Å². The Balaban J connectivity index is 2.61. The van der Waals surface area contributed by atoms with Gasteiger partial charge in [-0.1, -0.05) is 26.0 Å². The van der Waals surface area contributed by atoms with Crippen molar-refractivity contribution in [2.75, 3.05) is 19.3 Å². The number of rotatable bonds is 6. The molecule has 2 nitrogen and oxygen atoms in total. The first-order valence-electron chi connectivity index (χ1n) is 6.39. The Morgan fingerprint density at radius 3 is 2.06 bits per heavy atom. The molecule has 3 heteroatoms. The first-order chi connectivity index (χ1) is 8.24. The predicted octanol–water partition coefficient (Wildman–Crippen LogP) is 3.01. The second-order valence-electron chi connectivity index (χ2n) is 6.20. The minimum Gasteiger partial charge on any atom is -0.324 e. The average molecular weight is 266 g/mol. The molecule has 0 unspecified atom stereocenters. The van der Waals surface area contributed by atoms with Crippen molar-refractivity contribution in [3.63, 3.8) is 0 Å². The number of nitrogens with one attached hydrogen (secondary N) is 1. The van der Waals surface area contributed by atoms with Crippen LogP contribution in [0.25, 0.3) is 0 Å². The van der Waals surface area contributed by atoms with E-state index in [1.807, 2.05) is 13.8 Å². The van der Waals surface area contributed by atoms with Crippen molar-refractivity contribution in [3.05, 3.63) is 29.8 Å². The van der Waals surface area contributed by atoms with E-state index in [1.54, 1.807) is 11.8 Å². The molecule has 0 heterocycles. The summed E-state index contributed by atoms with van der Waals surface area (Å²) < 4.78 is 0. The summed E-state index contributed by atoms with van der Waals surface area (Å²) in [6.07, 6.45) is 2.10. The molecule has 102 valence electrons. The fraction of sp³-hybridized carbons (Fsp3) is 0.600. The molecule has 3 N–H and O–H groups in total. The number of thioether (sulfide) groups is 1. The SMILES string of the molecule is CSc1ccc(C(C)(C)CNCC(C)(C)N)cc1. The second kappa shape index (κ2) is 6.09. The maximum Gasteiger partial charge on any atom is 0.0223 e. The first-order valence-corrected chi connectivity index (χ1v) is 7.61. The van der Waals surface area contributed by atoms with Gasteiger partial charge in [0.2, 0.25) is 0 Å². The van der Waals surface area contributed by atoms with Crippen LogP contribution in [0.15, 0.2) is 29.2 Å². The third-order valence-electron chi connectivity index (χ3n) is 3.02. The zero-order valence-corrected chi connectivity index (χ0v) is 13.0. The van der Waals surface area contributed by atoms with Gasteiger partial charge in [-0.15, -0.1) is 11.8 Å². The fourth-order valence-corrected chi connectivity index (χ4v) is 2.25. The van der Waals surface area contributed by atoms with Crippen molar-refractivity contribution in [2.45, 2.75) is 43.5 Å². The highest BCUT2D eigenvalue weighted by molar-refractivity contribution is 7.98. The summed E-state index contributed by atoms with van der Waals surface area (Å²) in [5.74, 6) is 0. The Kier molecular flexibility index (Phi) is 5.26. The van der Waals surface area contributed by atoms with Crippen LogP contribution in [0.2, 0.25) is 0 Å². The molecule has 0 aliphatic carbocycles. The van der Waals surface area contributed by atoms with Crippen molar-refractivity contribution in [2.24, 2.45) is 5.73 Å². The van der Waals surface area contributed by atoms with Gasteiger partial charge in [-0.3, -0.25) is 0 Å². The molecule has 18 heavy (non-hydrogen) atoms. The lowest BCUT2D eigenvalue weighted by atomic mass is 9.84. The van der Waals surface area contributed by atoms with Crippen molar-refractivity contribution in [3.8, 4) is 0 Å². The Labute approximate surface area is 116 Å². The lowest BCUT2D eigenvalue weighted by Crippen LogP contribution is -2.46. The van der Waals surface area contributed by atoms with Gasteiger partial charge in [0.25, 0.3) is 0 Å². The molecule has 0 spiro atoms. The van der Waals surface area contributed by atoms with Crippen LogP contribution in [-0.2, 0) is 5.41 Å². The van der Waals surface area contributed by atoms with Gasteiger partial charge in [-0.2, -0.15) is 0 Å². The average Bonchev–Trinajstić information content (AvgIpc) is 2.27. The van der Waals surface area contributed by atoms with Gasteiger partial charge >= 0.3 is 0 Å². The summed E-state index contributed by atoms with van der Waals surface area (Å²) in [5, 5.41) is 3.46. The van der Waals surface area contributed by atoms with Crippen LogP contribution in [0, 0.1) is 0 Å². The zero-order chi connectivity index (χ0) is 13.8. The predicted molar refractivity (Wildman–Crippen MR) is 82.4 cm³/mol. The largest absolute Gasteiger partial charge is 0.324 e. The standard InChI is InChI=1S/C15H26N2S/c1-14(2,10-17-11-15(3,4)16)12-6-8-13(18-5)9-7-12/h6-9,17H,10-11,16H2,1-5H3. The van der Waals surface area contributed by atoms with Crippen LogP contribution in [-0.4, -0.2) is 24.9 Å². The highest BCUT2D eigenvalue weighted by Crippen LogP contribution is 2.25. The highest BCUT2D eigenvalue weighted by atomic mass is 32.2. The van der Waals surface area contributed by atoms with E-state index in [4.69, 9.17) is 5.73 Å². The number of hydrogen-bond acceptors (Lipinski definition) is 3. The second-order valence-corrected chi connectivity index (χ2v) is 7.08. The number of nitrogens with two attached hydrogens (primary N) is 1. The van der Waals surface area contributed by atoms with E-state index in [0.29, 0.717) is 0 Å². The molecular weight excluding hydrogens is 240 g/mol. The van der Waals surface area contributed by atoms with Crippen molar-refractivity contribution < 1.29 is 0 Å². The fourth-order valence-electron chi connectivity index (χ4n) is 1.84. The lowest BCUT2D eigenvalue weighted by molar-refractivity contribution is 0.411. The molecule has 0 fully saturated rings. The van der Waals surface area contributed by atoms with Gasteiger partial charge in [0.1, 0.15) is 0 Å². The van der Waals surface area contributed by atoms with E-state index in [1.165, 1.54) is 10.5 Å². The van der Waals surface area contributed by atoms with Crippen LogP contribution >= 0.6 is 11.8 Å². The van der Waals surface area contributed by atoms with Crippen molar-refractivity contribution in [1.82, 2.24) is 5.32 Å². The molecule has 0 amide bonds. The molecule has 0 aliphatic heterocycles. The summed E-state index contributed by atoms with van der Waals surface area (Å²) in [5.41, 5.74) is 7.31. The molecule has 1 aromatic rings. The summed E-state index contributed by atoms with van der Waals surface area (Å²) in [7, 11) is 0. The topological polar surface area (TPSA) is 38.0 Å².